The van der Waals surface area contributed by atoms with Gasteiger partial charge in [0, 0.05) is 64.5 Å². The fourth-order valence-electron chi connectivity index (χ4n) is 8.07. The Labute approximate surface area is 326 Å². The van der Waals surface area contributed by atoms with Crippen molar-refractivity contribution in [1.82, 2.24) is 29.7 Å². The summed E-state index contributed by atoms with van der Waals surface area (Å²) in [7, 11) is 0. The van der Waals surface area contributed by atoms with Crippen LogP contribution in [0.1, 0.15) is 92.9 Å². The summed E-state index contributed by atoms with van der Waals surface area (Å²) in [5.41, 5.74) is -0.845. The quantitative estimate of drug-likeness (QED) is 0.217. The Kier molecular flexibility index (Phi) is 14.4. The fraction of sp³-hybridized carbons (Fsp3) is 0.744. The van der Waals surface area contributed by atoms with Gasteiger partial charge in [-0.2, -0.15) is 0 Å². The number of halogens is 1. The van der Waals surface area contributed by atoms with E-state index in [4.69, 9.17) is 21.1 Å². The average molecular weight is 773 g/mol. The number of aromatic nitrogens is 4. The van der Waals surface area contributed by atoms with Gasteiger partial charge in [-0.25, -0.2) is 29.5 Å². The third-order valence-electron chi connectivity index (χ3n) is 10.9. The van der Waals surface area contributed by atoms with Crippen LogP contribution in [-0.2, 0) is 9.47 Å². The van der Waals surface area contributed by atoms with Gasteiger partial charge in [-0.05, 0) is 123 Å². The molecule has 6 heterocycles. The van der Waals surface area contributed by atoms with Crippen LogP contribution in [0.3, 0.4) is 0 Å². The molecule has 0 saturated carbocycles. The van der Waals surface area contributed by atoms with E-state index in [1.807, 2.05) is 63.7 Å². The highest BCUT2D eigenvalue weighted by molar-refractivity contribution is 7.98. The number of ether oxygens (including phenoxy) is 2. The first kappa shape index (κ1) is 41.1. The SMILES string of the molecule is CC(C)(C)OC(=O)N1CCC(C2CCN(c3cc(Cl)ncn3)CC2)CC1.CSc1cc(N2CCC(C3CCN(C(=O)OC(C)(C)C)CC3)CC2)ncn1. The largest absolute Gasteiger partial charge is 0.444 e. The zero-order chi connectivity index (χ0) is 38.2. The molecular weight excluding hydrogens is 712 g/mol. The first-order valence-electron chi connectivity index (χ1n) is 19.5. The summed E-state index contributed by atoms with van der Waals surface area (Å²) in [5.74, 6) is 4.87. The van der Waals surface area contributed by atoms with E-state index in [0.717, 1.165) is 112 Å². The molecule has 4 saturated heterocycles. The molecule has 6 rings (SSSR count). The van der Waals surface area contributed by atoms with Gasteiger partial charge >= 0.3 is 12.2 Å². The number of amides is 2. The molecule has 0 radical (unpaired) electrons. The predicted octanol–water partition coefficient (Wildman–Crippen LogP) is 8.06. The van der Waals surface area contributed by atoms with Crippen molar-refractivity contribution in [3.05, 3.63) is 29.9 Å². The minimum Gasteiger partial charge on any atom is -0.444 e. The van der Waals surface area contributed by atoms with Gasteiger partial charge in [-0.1, -0.05) is 11.6 Å². The van der Waals surface area contributed by atoms with Crippen LogP contribution in [0.15, 0.2) is 29.8 Å². The Morgan fingerprint density at radius 1 is 0.604 bits per heavy atom. The lowest BCUT2D eigenvalue weighted by molar-refractivity contribution is 0.0142. The van der Waals surface area contributed by atoms with Gasteiger partial charge in [0.2, 0.25) is 0 Å². The van der Waals surface area contributed by atoms with Crippen LogP contribution in [0.4, 0.5) is 21.2 Å². The van der Waals surface area contributed by atoms with Crippen molar-refractivity contribution in [1.29, 1.82) is 0 Å². The second kappa shape index (κ2) is 18.5. The van der Waals surface area contributed by atoms with Crippen molar-refractivity contribution in [2.75, 3.05) is 68.4 Å². The second-order valence-corrected chi connectivity index (χ2v) is 18.1. The van der Waals surface area contributed by atoms with Crippen LogP contribution in [0.5, 0.6) is 0 Å². The highest BCUT2D eigenvalue weighted by atomic mass is 35.5. The van der Waals surface area contributed by atoms with Crippen LogP contribution >= 0.6 is 23.4 Å². The summed E-state index contributed by atoms with van der Waals surface area (Å²) < 4.78 is 11.0. The molecule has 53 heavy (non-hydrogen) atoms. The Morgan fingerprint density at radius 2 is 0.962 bits per heavy atom. The van der Waals surface area contributed by atoms with Crippen LogP contribution in [0.2, 0.25) is 5.15 Å². The molecule has 0 N–H and O–H groups in total. The van der Waals surface area contributed by atoms with E-state index in [0.29, 0.717) is 11.1 Å². The molecule has 294 valence electrons. The molecule has 0 aliphatic carbocycles. The average Bonchev–Trinajstić information content (AvgIpc) is 3.14. The number of piperidine rings is 4. The maximum Gasteiger partial charge on any atom is 0.410 e. The number of rotatable bonds is 5. The smallest absolute Gasteiger partial charge is 0.410 e. The van der Waals surface area contributed by atoms with E-state index in [1.165, 1.54) is 32.0 Å². The number of carbonyl (C=O) groups is 2. The molecule has 0 atom stereocenters. The Balaban J connectivity index is 0.000000204. The van der Waals surface area contributed by atoms with Gasteiger partial charge in [0.05, 0.1) is 0 Å². The molecule has 4 fully saturated rings. The van der Waals surface area contributed by atoms with E-state index >= 15 is 0 Å². The number of likely N-dealkylation sites (tertiary alicyclic amines) is 2. The van der Waals surface area contributed by atoms with Crippen molar-refractivity contribution >= 4 is 47.2 Å². The number of hydrogen-bond acceptors (Lipinski definition) is 11. The first-order valence-corrected chi connectivity index (χ1v) is 21.1. The standard InChI is InChI=1S/C20H32N4O2S.C19H29ClN4O2/c1-20(2,3)26-19(25)24-11-7-16(8-12-24)15-5-9-23(10-6-15)17-13-18(27-4)22-14-21-17;1-19(2,3)26-18(25)24-10-6-15(7-11-24)14-4-8-23(9-5-14)17-12-16(20)21-13-22-17/h13-16H,5-12H2,1-4H3;12-15H,4-11H2,1-3H3. The van der Waals surface area contributed by atoms with Gasteiger partial charge in [-0.3, -0.25) is 0 Å². The Hall–Kier alpha value is -3.06. The highest BCUT2D eigenvalue weighted by Crippen LogP contribution is 2.35. The molecule has 0 spiro atoms. The monoisotopic (exact) mass is 772 g/mol. The molecule has 2 aromatic rings. The van der Waals surface area contributed by atoms with Gasteiger partial charge < -0.3 is 29.1 Å². The maximum absolute atomic E-state index is 12.2. The molecule has 0 bridgehead atoms. The normalized spacial score (nSPS) is 20.2. The fourth-order valence-corrected chi connectivity index (χ4v) is 8.59. The number of anilines is 2. The molecule has 0 unspecified atom stereocenters. The molecule has 4 aliphatic heterocycles. The highest BCUT2D eigenvalue weighted by Gasteiger charge is 2.34. The van der Waals surface area contributed by atoms with Crippen LogP contribution in [0, 0.1) is 23.7 Å². The van der Waals surface area contributed by atoms with Crippen molar-refractivity contribution in [3.63, 3.8) is 0 Å². The molecule has 2 amide bonds. The summed E-state index contributed by atoms with van der Waals surface area (Å²) in [4.78, 5) is 49.8. The Bertz CT molecular complexity index is 1470. The topological polar surface area (TPSA) is 117 Å². The van der Waals surface area contributed by atoms with E-state index < -0.39 is 11.2 Å². The van der Waals surface area contributed by atoms with Crippen molar-refractivity contribution in [2.45, 2.75) is 109 Å². The lowest BCUT2D eigenvalue weighted by atomic mass is 9.79. The maximum atomic E-state index is 12.2. The minimum atomic E-state index is -0.426. The van der Waals surface area contributed by atoms with Gasteiger partial charge in [0.25, 0.3) is 0 Å². The van der Waals surface area contributed by atoms with Gasteiger partial charge in [0.1, 0.15) is 45.7 Å². The number of carbonyl (C=O) groups excluding carboxylic acids is 2. The van der Waals surface area contributed by atoms with E-state index in [9.17, 15) is 9.59 Å². The summed E-state index contributed by atoms with van der Waals surface area (Å²) in [6.45, 7) is 18.9. The number of thioether (sulfide) groups is 1. The lowest BCUT2D eigenvalue weighted by Gasteiger charge is -2.40. The predicted molar refractivity (Wildman–Crippen MR) is 212 cm³/mol. The van der Waals surface area contributed by atoms with Gasteiger partial charge in [0.15, 0.2) is 0 Å². The van der Waals surface area contributed by atoms with Crippen molar-refractivity contribution in [3.8, 4) is 0 Å². The summed E-state index contributed by atoms with van der Waals surface area (Å²) >= 11 is 7.63. The third-order valence-corrected chi connectivity index (χ3v) is 11.7. The van der Waals surface area contributed by atoms with E-state index in [1.54, 1.807) is 18.1 Å². The zero-order valence-corrected chi connectivity index (χ0v) is 34.5. The van der Waals surface area contributed by atoms with Crippen LogP contribution in [-0.4, -0.2) is 112 Å². The summed E-state index contributed by atoms with van der Waals surface area (Å²) in [6, 6.07) is 3.92. The van der Waals surface area contributed by atoms with E-state index in [2.05, 4.69) is 35.8 Å². The molecule has 2 aromatic heterocycles. The third kappa shape index (κ3) is 12.5. The molecular formula is C39H61ClN8O4S. The number of nitrogens with zero attached hydrogens (tertiary/aromatic N) is 8. The summed E-state index contributed by atoms with van der Waals surface area (Å²) in [6.07, 6.45) is 14.0. The molecule has 4 aliphatic rings. The Morgan fingerprint density at radius 3 is 1.32 bits per heavy atom. The first-order chi connectivity index (χ1) is 25.2. The number of hydrogen-bond donors (Lipinski definition) is 0. The summed E-state index contributed by atoms with van der Waals surface area (Å²) in [5, 5.41) is 1.52. The zero-order valence-electron chi connectivity index (χ0n) is 32.9. The van der Waals surface area contributed by atoms with Gasteiger partial charge in [-0.15, -0.1) is 11.8 Å². The van der Waals surface area contributed by atoms with Crippen LogP contribution < -0.4 is 9.80 Å². The van der Waals surface area contributed by atoms with Crippen molar-refractivity contribution < 1.29 is 19.1 Å². The van der Waals surface area contributed by atoms with Crippen molar-refractivity contribution in [2.24, 2.45) is 23.7 Å². The minimum absolute atomic E-state index is 0.163. The molecule has 12 nitrogen and oxygen atoms in total. The molecule has 0 aromatic carbocycles. The van der Waals surface area contributed by atoms with E-state index in [-0.39, 0.29) is 12.2 Å². The molecule has 14 heteroatoms. The second-order valence-electron chi connectivity index (χ2n) is 16.9. The van der Waals surface area contributed by atoms with Crippen LogP contribution in [0.25, 0.3) is 0 Å². The lowest BCUT2D eigenvalue weighted by Crippen LogP contribution is -2.44.